The molecule has 136 valence electrons. The van der Waals surface area contributed by atoms with Crippen LogP contribution >= 0.6 is 24.8 Å². The molecule has 3 heterocycles. The van der Waals surface area contributed by atoms with Crippen molar-refractivity contribution in [3.8, 4) is 5.75 Å². The number of nitrogens with one attached hydrogen (secondary N) is 1. The summed E-state index contributed by atoms with van der Waals surface area (Å²) in [5, 5.41) is 3.22. The van der Waals surface area contributed by atoms with Crippen LogP contribution in [0.15, 0.2) is 18.3 Å². The highest BCUT2D eigenvalue weighted by Crippen LogP contribution is 2.19. The molecule has 1 atom stereocenters. The molecule has 2 saturated heterocycles. The Kier molecular flexibility index (Phi) is 8.55. The maximum atomic E-state index is 12.4. The first-order chi connectivity index (χ1) is 10.8. The van der Waals surface area contributed by atoms with Crippen molar-refractivity contribution < 1.29 is 14.3 Å². The molecule has 1 aromatic rings. The summed E-state index contributed by atoms with van der Waals surface area (Å²) in [6.45, 7) is 4.85. The average molecular weight is 379 g/mol. The van der Waals surface area contributed by atoms with Gasteiger partial charge in [0, 0.05) is 45.0 Å². The second-order valence-electron chi connectivity index (χ2n) is 5.45. The zero-order valence-electron chi connectivity index (χ0n) is 13.6. The van der Waals surface area contributed by atoms with Crippen molar-refractivity contribution in [3.05, 3.63) is 18.3 Å². The van der Waals surface area contributed by atoms with Crippen molar-refractivity contribution in [3.63, 3.8) is 0 Å². The quantitative estimate of drug-likeness (QED) is 0.829. The van der Waals surface area contributed by atoms with E-state index >= 15 is 0 Å². The molecule has 2 fully saturated rings. The lowest BCUT2D eigenvalue weighted by Gasteiger charge is -2.37. The van der Waals surface area contributed by atoms with Crippen molar-refractivity contribution in [2.75, 3.05) is 57.9 Å². The summed E-state index contributed by atoms with van der Waals surface area (Å²) in [4.78, 5) is 20.9. The fourth-order valence-corrected chi connectivity index (χ4v) is 2.80. The Labute approximate surface area is 154 Å². The van der Waals surface area contributed by atoms with Crippen LogP contribution in [-0.2, 0) is 9.53 Å². The van der Waals surface area contributed by atoms with Gasteiger partial charge in [-0.1, -0.05) is 0 Å². The van der Waals surface area contributed by atoms with Crippen molar-refractivity contribution in [1.29, 1.82) is 0 Å². The summed E-state index contributed by atoms with van der Waals surface area (Å²) >= 11 is 0. The lowest BCUT2D eigenvalue weighted by Crippen LogP contribution is -2.57. The van der Waals surface area contributed by atoms with Gasteiger partial charge in [-0.2, -0.15) is 0 Å². The molecule has 2 aliphatic rings. The van der Waals surface area contributed by atoms with E-state index in [4.69, 9.17) is 9.47 Å². The van der Waals surface area contributed by atoms with E-state index in [1.54, 1.807) is 13.3 Å². The Hall–Kier alpha value is -1.28. The van der Waals surface area contributed by atoms with Crippen LogP contribution in [0.4, 0.5) is 5.82 Å². The lowest BCUT2D eigenvalue weighted by molar-refractivity contribution is -0.136. The molecule has 0 saturated carbocycles. The molecular formula is C15H24Cl2N4O3. The number of ether oxygens (including phenoxy) is 2. The number of methoxy groups -OCH3 is 1. The minimum Gasteiger partial charge on any atom is -0.497 e. The van der Waals surface area contributed by atoms with E-state index in [1.165, 1.54) is 0 Å². The fourth-order valence-electron chi connectivity index (χ4n) is 2.80. The van der Waals surface area contributed by atoms with Crippen LogP contribution in [-0.4, -0.2) is 74.9 Å². The third kappa shape index (κ3) is 4.86. The summed E-state index contributed by atoms with van der Waals surface area (Å²) in [6.07, 6.45) is 1.75. The van der Waals surface area contributed by atoms with E-state index in [9.17, 15) is 4.79 Å². The number of hydrogen-bond acceptors (Lipinski definition) is 6. The number of hydrogen-bond donors (Lipinski definition) is 1. The number of carbonyl (C=O) groups is 1. The molecule has 0 spiro atoms. The van der Waals surface area contributed by atoms with Gasteiger partial charge in [0.2, 0.25) is 5.91 Å². The Balaban J connectivity index is 0.00000144. The average Bonchev–Trinajstić information content (AvgIpc) is 2.62. The summed E-state index contributed by atoms with van der Waals surface area (Å²) in [7, 11) is 1.65. The van der Waals surface area contributed by atoms with E-state index in [0.29, 0.717) is 26.3 Å². The summed E-state index contributed by atoms with van der Waals surface area (Å²) in [6, 6.07) is 3.56. The van der Waals surface area contributed by atoms with Gasteiger partial charge in [0.25, 0.3) is 0 Å². The topological polar surface area (TPSA) is 66.9 Å². The highest BCUT2D eigenvalue weighted by molar-refractivity contribution is 5.85. The van der Waals surface area contributed by atoms with Crippen molar-refractivity contribution in [1.82, 2.24) is 15.2 Å². The molecule has 0 aliphatic carbocycles. The van der Waals surface area contributed by atoms with Gasteiger partial charge in [0.05, 0.1) is 20.3 Å². The number of pyridine rings is 1. The standard InChI is InChI=1S/C15H22N4O3.2ClH/c1-21-12-2-3-17-14(10-12)18-5-7-19(8-6-18)15(20)13-11-22-9-4-16-13;;/h2-3,10,13,16H,4-9,11H2,1H3;2*1H. The molecule has 1 N–H and O–H groups in total. The summed E-state index contributed by atoms with van der Waals surface area (Å²) < 4.78 is 10.6. The monoisotopic (exact) mass is 378 g/mol. The number of morpholine rings is 1. The van der Waals surface area contributed by atoms with Gasteiger partial charge in [-0.3, -0.25) is 4.79 Å². The van der Waals surface area contributed by atoms with Crippen molar-refractivity contribution in [2.45, 2.75) is 6.04 Å². The van der Waals surface area contributed by atoms with Crippen LogP contribution in [0.25, 0.3) is 0 Å². The molecule has 9 heteroatoms. The first-order valence-electron chi connectivity index (χ1n) is 7.63. The molecule has 0 bridgehead atoms. The largest absolute Gasteiger partial charge is 0.497 e. The molecule has 7 nitrogen and oxygen atoms in total. The zero-order valence-corrected chi connectivity index (χ0v) is 15.3. The first kappa shape index (κ1) is 20.8. The Morgan fingerprint density at radius 3 is 2.71 bits per heavy atom. The highest BCUT2D eigenvalue weighted by atomic mass is 35.5. The Morgan fingerprint density at radius 1 is 1.33 bits per heavy atom. The van der Waals surface area contributed by atoms with E-state index in [-0.39, 0.29) is 36.8 Å². The van der Waals surface area contributed by atoms with Gasteiger partial charge in [-0.05, 0) is 6.07 Å². The van der Waals surface area contributed by atoms with Gasteiger partial charge in [0.15, 0.2) is 0 Å². The predicted octanol–water partition coefficient (Wildman–Crippen LogP) is 0.571. The predicted molar refractivity (Wildman–Crippen MR) is 96.7 cm³/mol. The van der Waals surface area contributed by atoms with Crippen LogP contribution in [0.5, 0.6) is 5.75 Å². The third-order valence-corrected chi connectivity index (χ3v) is 4.09. The van der Waals surface area contributed by atoms with Gasteiger partial charge in [0.1, 0.15) is 17.6 Å². The number of aromatic nitrogens is 1. The van der Waals surface area contributed by atoms with Crippen LogP contribution < -0.4 is 15.0 Å². The normalized spacial score (nSPS) is 20.6. The molecule has 1 aromatic heterocycles. The van der Waals surface area contributed by atoms with Crippen LogP contribution in [0, 0.1) is 0 Å². The molecule has 1 amide bonds. The maximum absolute atomic E-state index is 12.4. The molecule has 3 rings (SSSR count). The first-order valence-corrected chi connectivity index (χ1v) is 7.63. The highest BCUT2D eigenvalue weighted by Gasteiger charge is 2.29. The molecule has 24 heavy (non-hydrogen) atoms. The number of nitrogens with zero attached hydrogens (tertiary/aromatic N) is 3. The van der Waals surface area contributed by atoms with E-state index in [2.05, 4.69) is 15.2 Å². The second-order valence-corrected chi connectivity index (χ2v) is 5.45. The Morgan fingerprint density at radius 2 is 2.08 bits per heavy atom. The molecular weight excluding hydrogens is 355 g/mol. The fraction of sp³-hybridized carbons (Fsp3) is 0.600. The Bertz CT molecular complexity index is 521. The molecule has 0 radical (unpaired) electrons. The number of anilines is 1. The van der Waals surface area contributed by atoms with Crippen LogP contribution in [0.3, 0.4) is 0 Å². The van der Waals surface area contributed by atoms with Crippen molar-refractivity contribution >= 4 is 36.5 Å². The minimum absolute atomic E-state index is 0. The van der Waals surface area contributed by atoms with Crippen LogP contribution in [0.1, 0.15) is 0 Å². The zero-order chi connectivity index (χ0) is 15.4. The number of rotatable bonds is 3. The van der Waals surface area contributed by atoms with E-state index in [1.807, 2.05) is 17.0 Å². The summed E-state index contributed by atoms with van der Waals surface area (Å²) in [5.41, 5.74) is 0. The lowest BCUT2D eigenvalue weighted by atomic mass is 10.2. The van der Waals surface area contributed by atoms with Crippen LogP contribution in [0.2, 0.25) is 0 Å². The molecule has 0 aromatic carbocycles. The van der Waals surface area contributed by atoms with Gasteiger partial charge in [-0.15, -0.1) is 24.8 Å². The van der Waals surface area contributed by atoms with E-state index in [0.717, 1.165) is 31.2 Å². The van der Waals surface area contributed by atoms with Gasteiger partial charge in [-0.25, -0.2) is 4.98 Å². The summed E-state index contributed by atoms with van der Waals surface area (Å²) in [5.74, 6) is 1.83. The van der Waals surface area contributed by atoms with Crippen molar-refractivity contribution in [2.24, 2.45) is 0 Å². The minimum atomic E-state index is -0.199. The van der Waals surface area contributed by atoms with Gasteiger partial charge < -0.3 is 24.6 Å². The molecule has 1 unspecified atom stereocenters. The number of carbonyl (C=O) groups excluding carboxylic acids is 1. The smallest absolute Gasteiger partial charge is 0.242 e. The maximum Gasteiger partial charge on any atom is 0.242 e. The second kappa shape index (κ2) is 9.88. The number of halogens is 2. The van der Waals surface area contributed by atoms with Gasteiger partial charge >= 0.3 is 0 Å². The van der Waals surface area contributed by atoms with E-state index < -0.39 is 0 Å². The molecule has 2 aliphatic heterocycles. The SMILES string of the molecule is COc1ccnc(N2CCN(C(=O)C3COCCN3)CC2)c1.Cl.Cl. The number of piperazine rings is 1. The number of amides is 1. The third-order valence-electron chi connectivity index (χ3n) is 4.09.